The van der Waals surface area contributed by atoms with E-state index < -0.39 is 11.3 Å². The fourth-order valence-electron chi connectivity index (χ4n) is 2.09. The van der Waals surface area contributed by atoms with Gasteiger partial charge in [-0.15, -0.1) is 22.9 Å². The number of rotatable bonds is 4. The summed E-state index contributed by atoms with van der Waals surface area (Å²) in [5, 5.41) is 3.38. The molecule has 2 amide bonds. The van der Waals surface area contributed by atoms with Crippen LogP contribution in [-0.2, 0) is 17.6 Å². The maximum absolute atomic E-state index is 12.1. The van der Waals surface area contributed by atoms with Crippen LogP contribution >= 0.6 is 22.9 Å². The molecule has 0 radical (unpaired) electrons. The maximum Gasteiger partial charge on any atom is 0.251 e. The van der Waals surface area contributed by atoms with Crippen LogP contribution in [0.3, 0.4) is 0 Å². The van der Waals surface area contributed by atoms with Crippen molar-refractivity contribution in [3.8, 4) is 0 Å². The van der Waals surface area contributed by atoms with Gasteiger partial charge in [-0.2, -0.15) is 0 Å². The van der Waals surface area contributed by atoms with Crippen LogP contribution in [0.25, 0.3) is 0 Å². The van der Waals surface area contributed by atoms with Gasteiger partial charge in [0.2, 0.25) is 5.91 Å². The average Bonchev–Trinajstić information content (AvgIpc) is 2.87. The van der Waals surface area contributed by atoms with Crippen molar-refractivity contribution in [3.63, 3.8) is 0 Å². The topological polar surface area (TPSA) is 72.2 Å². The molecule has 3 N–H and O–H groups in total. The molecule has 0 aliphatic heterocycles. The van der Waals surface area contributed by atoms with Crippen molar-refractivity contribution in [2.75, 3.05) is 11.2 Å². The van der Waals surface area contributed by atoms with Gasteiger partial charge in [0.1, 0.15) is 5.00 Å². The van der Waals surface area contributed by atoms with Crippen molar-refractivity contribution in [2.45, 2.75) is 33.1 Å². The van der Waals surface area contributed by atoms with Crippen molar-refractivity contribution in [1.82, 2.24) is 0 Å². The predicted molar refractivity (Wildman–Crippen MR) is 78.0 cm³/mol. The van der Waals surface area contributed by atoms with Gasteiger partial charge in [0.05, 0.1) is 11.0 Å². The minimum Gasteiger partial charge on any atom is -0.365 e. The molecule has 0 aromatic carbocycles. The molecule has 0 unspecified atom stereocenters. The molecule has 0 bridgehead atoms. The minimum atomic E-state index is -0.676. The zero-order valence-electron chi connectivity index (χ0n) is 11.0. The Kier molecular flexibility index (Phi) is 3.87. The van der Waals surface area contributed by atoms with Crippen molar-refractivity contribution < 1.29 is 9.59 Å². The largest absolute Gasteiger partial charge is 0.365 e. The molecule has 0 saturated heterocycles. The fraction of sp³-hybridized carbons (Fsp3) is 0.538. The monoisotopic (exact) mass is 300 g/mol. The summed E-state index contributed by atoms with van der Waals surface area (Å²) in [7, 11) is 0. The quantitative estimate of drug-likeness (QED) is 0.839. The van der Waals surface area contributed by atoms with Crippen LogP contribution in [0.2, 0.25) is 0 Å². The number of hydrogen-bond acceptors (Lipinski definition) is 3. The van der Waals surface area contributed by atoms with Crippen molar-refractivity contribution >= 4 is 39.8 Å². The summed E-state index contributed by atoms with van der Waals surface area (Å²) >= 11 is 7.24. The van der Waals surface area contributed by atoms with Crippen molar-refractivity contribution in [2.24, 2.45) is 11.1 Å². The third kappa shape index (κ3) is 2.62. The highest BCUT2D eigenvalue weighted by atomic mass is 35.5. The molecule has 6 heteroatoms. The molecule has 2 rings (SSSR count). The van der Waals surface area contributed by atoms with Crippen LogP contribution in [0.15, 0.2) is 0 Å². The van der Waals surface area contributed by atoms with E-state index in [1.54, 1.807) is 13.8 Å². The second kappa shape index (κ2) is 5.13. The Labute approximate surface area is 121 Å². The molecule has 0 spiro atoms. The number of amides is 2. The lowest BCUT2D eigenvalue weighted by molar-refractivity contribution is -0.122. The highest BCUT2D eigenvalue weighted by Gasteiger charge is 2.31. The van der Waals surface area contributed by atoms with Gasteiger partial charge in [0.25, 0.3) is 5.91 Å². The van der Waals surface area contributed by atoms with E-state index in [1.807, 2.05) is 0 Å². The number of nitrogens with two attached hydrogens (primary N) is 1. The molecular weight excluding hydrogens is 284 g/mol. The summed E-state index contributed by atoms with van der Waals surface area (Å²) in [6.07, 6.45) is 2.86. The van der Waals surface area contributed by atoms with Gasteiger partial charge in [-0.3, -0.25) is 9.59 Å². The molecule has 1 aromatic rings. The highest BCUT2D eigenvalue weighted by molar-refractivity contribution is 7.17. The summed E-state index contributed by atoms with van der Waals surface area (Å²) in [5.41, 5.74) is 6.26. The Morgan fingerprint density at radius 1 is 1.42 bits per heavy atom. The second-order valence-corrected chi connectivity index (χ2v) is 6.77. The van der Waals surface area contributed by atoms with Crippen molar-refractivity contribution in [3.05, 3.63) is 16.0 Å². The van der Waals surface area contributed by atoms with Gasteiger partial charge < -0.3 is 11.1 Å². The molecule has 4 nitrogen and oxygen atoms in total. The first-order valence-electron chi connectivity index (χ1n) is 6.18. The van der Waals surface area contributed by atoms with E-state index in [0.29, 0.717) is 10.6 Å². The number of primary amides is 1. The number of alkyl halides is 1. The Morgan fingerprint density at radius 2 is 2.11 bits per heavy atom. The number of thiophene rings is 1. The molecule has 1 heterocycles. The molecule has 1 aliphatic carbocycles. The van der Waals surface area contributed by atoms with E-state index in [2.05, 4.69) is 5.32 Å². The van der Waals surface area contributed by atoms with E-state index in [0.717, 1.165) is 29.7 Å². The van der Waals surface area contributed by atoms with Crippen LogP contribution in [-0.4, -0.2) is 17.7 Å². The molecule has 0 atom stereocenters. The first-order valence-corrected chi connectivity index (χ1v) is 7.53. The lowest BCUT2D eigenvalue weighted by Gasteiger charge is -2.20. The Balaban J connectivity index is 2.32. The number of carbonyl (C=O) groups excluding carboxylic acids is 2. The molecular formula is C13H17ClN2O2S. The van der Waals surface area contributed by atoms with Gasteiger partial charge >= 0.3 is 0 Å². The highest BCUT2D eigenvalue weighted by Crippen LogP contribution is 2.39. The number of carbonyl (C=O) groups is 2. The first kappa shape index (κ1) is 14.3. The number of anilines is 1. The van der Waals surface area contributed by atoms with Crippen LogP contribution in [0, 0.1) is 5.41 Å². The van der Waals surface area contributed by atoms with E-state index in [-0.39, 0.29) is 11.8 Å². The Bertz CT molecular complexity index is 537. The Hall–Kier alpha value is -1.07. The van der Waals surface area contributed by atoms with Gasteiger partial charge in [-0.25, -0.2) is 0 Å². The zero-order chi connectivity index (χ0) is 14.2. The normalized spacial score (nSPS) is 14.3. The number of aryl methyl sites for hydroxylation is 1. The summed E-state index contributed by atoms with van der Waals surface area (Å²) in [4.78, 5) is 24.9. The van der Waals surface area contributed by atoms with E-state index >= 15 is 0 Å². The zero-order valence-corrected chi connectivity index (χ0v) is 12.6. The average molecular weight is 301 g/mol. The molecule has 1 aromatic heterocycles. The maximum atomic E-state index is 12.1. The third-order valence-electron chi connectivity index (χ3n) is 3.34. The lowest BCUT2D eigenvalue weighted by atomic mass is 9.95. The number of halogens is 1. The molecule has 1 aliphatic rings. The van der Waals surface area contributed by atoms with Crippen LogP contribution in [0.4, 0.5) is 5.00 Å². The van der Waals surface area contributed by atoms with Crippen LogP contribution in [0.5, 0.6) is 0 Å². The first-order chi connectivity index (χ1) is 8.86. The molecule has 19 heavy (non-hydrogen) atoms. The minimum absolute atomic E-state index is 0.190. The lowest BCUT2D eigenvalue weighted by Crippen LogP contribution is -2.32. The van der Waals surface area contributed by atoms with E-state index in [4.69, 9.17) is 17.3 Å². The van der Waals surface area contributed by atoms with Gasteiger partial charge in [-0.05, 0) is 38.7 Å². The molecule has 0 fully saturated rings. The van der Waals surface area contributed by atoms with Gasteiger partial charge in [-0.1, -0.05) is 0 Å². The molecule has 0 saturated carbocycles. The fourth-order valence-corrected chi connectivity index (χ4v) is 3.50. The van der Waals surface area contributed by atoms with Crippen LogP contribution < -0.4 is 11.1 Å². The Morgan fingerprint density at radius 3 is 2.68 bits per heavy atom. The van der Waals surface area contributed by atoms with Crippen LogP contribution in [0.1, 0.15) is 41.1 Å². The standard InChI is InChI=1S/C13H17ClN2O2S/c1-13(2,6-14)12(18)16-11-9(10(15)17)7-4-3-5-8(7)19-11/h3-6H2,1-2H3,(H2,15,17)(H,16,18). The third-order valence-corrected chi connectivity index (χ3v) is 5.22. The number of hydrogen-bond donors (Lipinski definition) is 2. The SMILES string of the molecule is CC(C)(CCl)C(=O)Nc1sc2c(c1C(N)=O)CCC2. The summed E-state index contributed by atoms with van der Waals surface area (Å²) in [6, 6.07) is 0. The smallest absolute Gasteiger partial charge is 0.251 e. The number of fused-ring (bicyclic) bond motifs is 1. The van der Waals surface area contributed by atoms with Gasteiger partial charge in [0.15, 0.2) is 0 Å². The summed E-state index contributed by atoms with van der Waals surface area (Å²) in [6.45, 7) is 3.53. The van der Waals surface area contributed by atoms with Gasteiger partial charge in [0, 0.05) is 10.8 Å². The number of nitrogens with one attached hydrogen (secondary N) is 1. The second-order valence-electron chi connectivity index (χ2n) is 5.40. The summed E-state index contributed by atoms with van der Waals surface area (Å²) < 4.78 is 0. The summed E-state index contributed by atoms with van der Waals surface area (Å²) in [5.74, 6) is -0.446. The van der Waals surface area contributed by atoms with Crippen molar-refractivity contribution in [1.29, 1.82) is 0 Å². The molecule has 104 valence electrons. The predicted octanol–water partition coefficient (Wildman–Crippen LogP) is 2.54. The van der Waals surface area contributed by atoms with E-state index in [9.17, 15) is 9.59 Å². The van der Waals surface area contributed by atoms with E-state index in [1.165, 1.54) is 11.3 Å².